The number of carbonyl (C=O) groups is 2. The van der Waals surface area contributed by atoms with Crippen molar-refractivity contribution >= 4 is 11.8 Å². The summed E-state index contributed by atoms with van der Waals surface area (Å²) in [5.41, 5.74) is 1.56. The van der Waals surface area contributed by atoms with Crippen molar-refractivity contribution in [3.8, 4) is 0 Å². The van der Waals surface area contributed by atoms with Gasteiger partial charge in [-0.15, -0.1) is 0 Å². The largest absolute Gasteiger partial charge is 0.345 e. The first-order chi connectivity index (χ1) is 8.34. The Bertz CT molecular complexity index is 424. The Morgan fingerprint density at radius 3 is 1.94 bits per heavy atom. The molecule has 0 aromatic carbocycles. The molecule has 3 unspecified atom stereocenters. The van der Waals surface area contributed by atoms with Gasteiger partial charge in [-0.1, -0.05) is 6.92 Å². The quantitative estimate of drug-likeness (QED) is 0.737. The van der Waals surface area contributed by atoms with Crippen molar-refractivity contribution in [2.24, 2.45) is 17.8 Å². The maximum Gasteiger partial charge on any atom is 0.250 e. The number of likely N-dealkylation sites (N-methyl/N-ethyl adjacent to an activating group) is 2. The minimum atomic E-state index is 0.0132. The van der Waals surface area contributed by atoms with Crippen LogP contribution in [0, 0.1) is 17.8 Å². The van der Waals surface area contributed by atoms with Crippen LogP contribution in [0.2, 0.25) is 0 Å². The topological polar surface area (TPSA) is 40.6 Å². The zero-order valence-electron chi connectivity index (χ0n) is 11.9. The summed E-state index contributed by atoms with van der Waals surface area (Å²) in [6.45, 7) is 2.19. The first-order valence-corrected chi connectivity index (χ1v) is 6.52. The van der Waals surface area contributed by atoms with Crippen LogP contribution in [0.5, 0.6) is 0 Å². The van der Waals surface area contributed by atoms with Gasteiger partial charge in [0.15, 0.2) is 0 Å². The molecule has 100 valence electrons. The van der Waals surface area contributed by atoms with Gasteiger partial charge in [0, 0.05) is 39.3 Å². The molecule has 0 radical (unpaired) electrons. The average Bonchev–Trinajstić information content (AvgIpc) is 2.82. The van der Waals surface area contributed by atoms with E-state index in [9.17, 15) is 9.59 Å². The molecule has 4 heteroatoms. The third kappa shape index (κ3) is 1.84. The molecule has 2 bridgehead atoms. The predicted molar refractivity (Wildman–Crippen MR) is 69.8 cm³/mol. The molecule has 0 aromatic heterocycles. The lowest BCUT2D eigenvalue weighted by Gasteiger charge is -2.26. The van der Waals surface area contributed by atoms with Gasteiger partial charge in [0.2, 0.25) is 11.8 Å². The second-order valence-electron chi connectivity index (χ2n) is 5.98. The number of rotatable bonds is 2. The molecule has 1 fully saturated rings. The second kappa shape index (κ2) is 4.41. The van der Waals surface area contributed by atoms with E-state index in [0.29, 0.717) is 11.8 Å². The number of carbonyl (C=O) groups excluding carboxylic acids is 2. The van der Waals surface area contributed by atoms with E-state index in [4.69, 9.17) is 0 Å². The highest BCUT2D eigenvalue weighted by atomic mass is 16.2. The summed E-state index contributed by atoms with van der Waals surface area (Å²) in [6.07, 6.45) is 2.02. The predicted octanol–water partition coefficient (Wildman–Crippen LogP) is 1.14. The molecule has 1 saturated carbocycles. The van der Waals surface area contributed by atoms with Gasteiger partial charge in [0.25, 0.3) is 0 Å². The summed E-state index contributed by atoms with van der Waals surface area (Å²) in [6, 6.07) is 0. The fourth-order valence-electron chi connectivity index (χ4n) is 3.35. The van der Waals surface area contributed by atoms with Crippen LogP contribution in [0.1, 0.15) is 19.8 Å². The smallest absolute Gasteiger partial charge is 0.250 e. The minimum Gasteiger partial charge on any atom is -0.345 e. The van der Waals surface area contributed by atoms with Crippen LogP contribution in [-0.4, -0.2) is 49.8 Å². The van der Waals surface area contributed by atoms with E-state index in [2.05, 4.69) is 6.92 Å². The zero-order chi connectivity index (χ0) is 13.6. The third-order valence-electron chi connectivity index (χ3n) is 4.22. The Morgan fingerprint density at radius 2 is 1.44 bits per heavy atom. The lowest BCUT2D eigenvalue weighted by atomic mass is 9.83. The van der Waals surface area contributed by atoms with Crippen LogP contribution >= 0.6 is 0 Å². The second-order valence-corrected chi connectivity index (χ2v) is 5.98. The van der Waals surface area contributed by atoms with E-state index < -0.39 is 0 Å². The van der Waals surface area contributed by atoms with Gasteiger partial charge in [0.1, 0.15) is 0 Å². The van der Waals surface area contributed by atoms with Crippen LogP contribution in [0.3, 0.4) is 0 Å². The lowest BCUT2D eigenvalue weighted by molar-refractivity contribution is -0.128. The Morgan fingerprint density at radius 1 is 0.944 bits per heavy atom. The number of nitrogens with zero attached hydrogens (tertiary/aromatic N) is 2. The van der Waals surface area contributed by atoms with Crippen molar-refractivity contribution in [2.45, 2.75) is 19.8 Å². The maximum absolute atomic E-state index is 12.3. The molecule has 4 nitrogen and oxygen atoms in total. The standard InChI is InChI=1S/C14H22N2O2/c1-8-6-9-7-10(8)12(14(18)16(4)5)11(9)13(17)15(2)3/h8-10H,6-7H2,1-5H3. The molecular formula is C14H22N2O2. The lowest BCUT2D eigenvalue weighted by Crippen LogP contribution is -2.33. The Kier molecular flexibility index (Phi) is 3.21. The van der Waals surface area contributed by atoms with Gasteiger partial charge in [-0.05, 0) is 30.6 Å². The summed E-state index contributed by atoms with van der Waals surface area (Å²) in [7, 11) is 7.01. The highest BCUT2D eigenvalue weighted by Crippen LogP contribution is 2.52. The number of hydrogen-bond donors (Lipinski definition) is 0. The molecule has 3 atom stereocenters. The van der Waals surface area contributed by atoms with E-state index >= 15 is 0 Å². The molecule has 2 aliphatic carbocycles. The van der Waals surface area contributed by atoms with Gasteiger partial charge < -0.3 is 9.80 Å². The van der Waals surface area contributed by atoms with E-state index in [1.54, 1.807) is 38.0 Å². The summed E-state index contributed by atoms with van der Waals surface area (Å²) in [5.74, 6) is 1.12. The fraction of sp³-hybridized carbons (Fsp3) is 0.714. The van der Waals surface area contributed by atoms with Gasteiger partial charge in [-0.25, -0.2) is 0 Å². The van der Waals surface area contributed by atoms with E-state index in [1.165, 1.54) is 0 Å². The molecule has 0 N–H and O–H groups in total. The van der Waals surface area contributed by atoms with Gasteiger partial charge in [-0.3, -0.25) is 9.59 Å². The number of amides is 2. The minimum absolute atomic E-state index is 0.0132. The van der Waals surface area contributed by atoms with Crippen LogP contribution in [-0.2, 0) is 9.59 Å². The first-order valence-electron chi connectivity index (χ1n) is 6.52. The fourth-order valence-corrected chi connectivity index (χ4v) is 3.35. The average molecular weight is 250 g/mol. The number of fused-ring (bicyclic) bond motifs is 2. The van der Waals surface area contributed by atoms with Gasteiger partial charge in [-0.2, -0.15) is 0 Å². The van der Waals surface area contributed by atoms with Crippen LogP contribution in [0.4, 0.5) is 0 Å². The molecule has 18 heavy (non-hydrogen) atoms. The van der Waals surface area contributed by atoms with Crippen molar-refractivity contribution in [1.82, 2.24) is 9.80 Å². The van der Waals surface area contributed by atoms with Crippen molar-refractivity contribution in [3.05, 3.63) is 11.1 Å². The molecule has 2 aliphatic rings. The van der Waals surface area contributed by atoms with Crippen LogP contribution < -0.4 is 0 Å². The highest BCUT2D eigenvalue weighted by Gasteiger charge is 2.48. The van der Waals surface area contributed by atoms with Crippen LogP contribution in [0.25, 0.3) is 0 Å². The monoisotopic (exact) mass is 250 g/mol. The molecular weight excluding hydrogens is 228 g/mol. The van der Waals surface area contributed by atoms with Crippen molar-refractivity contribution in [1.29, 1.82) is 0 Å². The van der Waals surface area contributed by atoms with Crippen molar-refractivity contribution < 1.29 is 9.59 Å². The zero-order valence-corrected chi connectivity index (χ0v) is 11.9. The molecule has 0 aromatic rings. The van der Waals surface area contributed by atoms with Gasteiger partial charge >= 0.3 is 0 Å². The molecule has 0 aliphatic heterocycles. The van der Waals surface area contributed by atoms with E-state index in [-0.39, 0.29) is 17.7 Å². The molecule has 0 saturated heterocycles. The van der Waals surface area contributed by atoms with Crippen LogP contribution in [0.15, 0.2) is 11.1 Å². The summed E-state index contributed by atoms with van der Waals surface area (Å²) < 4.78 is 0. The van der Waals surface area contributed by atoms with Gasteiger partial charge in [0.05, 0.1) is 0 Å². The van der Waals surface area contributed by atoms with Crippen molar-refractivity contribution in [2.75, 3.05) is 28.2 Å². The normalized spacial score (nSPS) is 29.7. The Hall–Kier alpha value is -1.32. The summed E-state index contributed by atoms with van der Waals surface area (Å²) >= 11 is 0. The molecule has 0 spiro atoms. The Labute approximate surface area is 109 Å². The Balaban J connectivity index is 2.45. The summed E-state index contributed by atoms with van der Waals surface area (Å²) in [4.78, 5) is 27.8. The SMILES string of the molecule is CC1CC2CC1C(C(=O)N(C)C)=C2C(=O)N(C)C. The van der Waals surface area contributed by atoms with Crippen molar-refractivity contribution in [3.63, 3.8) is 0 Å². The number of hydrogen-bond acceptors (Lipinski definition) is 2. The molecule has 0 heterocycles. The molecule has 2 rings (SSSR count). The molecule has 2 amide bonds. The van der Waals surface area contributed by atoms with E-state index in [0.717, 1.165) is 24.0 Å². The van der Waals surface area contributed by atoms with E-state index in [1.807, 2.05) is 0 Å². The maximum atomic E-state index is 12.3. The first kappa shape index (κ1) is 13.1. The third-order valence-corrected chi connectivity index (χ3v) is 4.22. The highest BCUT2D eigenvalue weighted by molar-refractivity contribution is 6.06. The summed E-state index contributed by atoms with van der Waals surface area (Å²) in [5, 5.41) is 0.